The van der Waals surface area contributed by atoms with Gasteiger partial charge in [0.1, 0.15) is 0 Å². The molecule has 0 amide bonds. The Morgan fingerprint density at radius 3 is 2.60 bits per heavy atom. The van der Waals surface area contributed by atoms with Crippen molar-refractivity contribution >= 4 is 0 Å². The summed E-state index contributed by atoms with van der Waals surface area (Å²) in [4.78, 5) is 12.0. The van der Waals surface area contributed by atoms with E-state index in [0.717, 1.165) is 12.1 Å². The first-order chi connectivity index (χ1) is 6.86. The van der Waals surface area contributed by atoms with Gasteiger partial charge in [-0.3, -0.25) is 4.79 Å². The molecular weight excluding hydrogens is 190 g/mol. The predicted octanol–water partition coefficient (Wildman–Crippen LogP) is 1.16. The highest BCUT2D eigenvalue weighted by Crippen LogP contribution is 2.12. The van der Waals surface area contributed by atoms with Gasteiger partial charge in [-0.25, -0.2) is 4.68 Å². The summed E-state index contributed by atoms with van der Waals surface area (Å²) in [5.74, 6) is 0. The van der Waals surface area contributed by atoms with Crippen molar-refractivity contribution in [1.82, 2.24) is 9.78 Å². The average molecular weight is 209 g/mol. The molecule has 0 unspecified atom stereocenters. The van der Waals surface area contributed by atoms with Gasteiger partial charge in [0, 0.05) is 17.6 Å². The first kappa shape index (κ1) is 11.9. The van der Waals surface area contributed by atoms with E-state index in [4.69, 9.17) is 5.73 Å². The summed E-state index contributed by atoms with van der Waals surface area (Å²) in [6.07, 6.45) is 0.890. The summed E-state index contributed by atoms with van der Waals surface area (Å²) in [6.45, 7) is 8.20. The lowest BCUT2D eigenvalue weighted by Gasteiger charge is -2.19. The lowest BCUT2D eigenvalue weighted by Crippen LogP contribution is -2.39. The minimum absolute atomic E-state index is 0.0741. The molecule has 0 saturated heterocycles. The van der Waals surface area contributed by atoms with Crippen molar-refractivity contribution in [1.29, 1.82) is 0 Å². The summed E-state index contributed by atoms with van der Waals surface area (Å²) in [5.41, 5.74) is 6.72. The Labute approximate surface area is 90.1 Å². The second kappa shape index (κ2) is 4.14. The molecule has 1 aromatic heterocycles. The lowest BCUT2D eigenvalue weighted by atomic mass is 9.97. The van der Waals surface area contributed by atoms with E-state index in [-0.39, 0.29) is 5.56 Å². The molecule has 84 valence electrons. The number of aromatic nitrogens is 2. The molecule has 0 spiro atoms. The van der Waals surface area contributed by atoms with E-state index < -0.39 is 5.54 Å². The maximum atomic E-state index is 12.0. The number of hydrogen-bond donors (Lipinski definition) is 1. The normalized spacial score (nSPS) is 11.8. The van der Waals surface area contributed by atoms with Crippen LogP contribution in [-0.2, 0) is 12.1 Å². The van der Waals surface area contributed by atoms with E-state index in [0.29, 0.717) is 12.1 Å². The van der Waals surface area contributed by atoms with Crippen LogP contribution in [0, 0.1) is 6.92 Å². The highest BCUT2D eigenvalue weighted by Gasteiger charge is 2.20. The molecular formula is C11H19N3O. The fourth-order valence-electron chi connectivity index (χ4n) is 1.50. The zero-order valence-electron chi connectivity index (χ0n) is 9.87. The summed E-state index contributed by atoms with van der Waals surface area (Å²) >= 11 is 0. The quantitative estimate of drug-likeness (QED) is 0.812. The molecule has 0 atom stereocenters. The first-order valence-corrected chi connectivity index (χ1v) is 5.24. The lowest BCUT2D eigenvalue weighted by molar-refractivity contribution is 0.501. The third kappa shape index (κ3) is 2.65. The molecule has 1 heterocycles. The fourth-order valence-corrected chi connectivity index (χ4v) is 1.50. The van der Waals surface area contributed by atoms with Crippen LogP contribution in [0.25, 0.3) is 0 Å². The third-order valence-electron chi connectivity index (χ3n) is 2.23. The number of nitrogens with zero attached hydrogens (tertiary/aromatic N) is 2. The molecule has 0 aliphatic heterocycles. The summed E-state index contributed by atoms with van der Waals surface area (Å²) in [7, 11) is 0. The zero-order chi connectivity index (χ0) is 11.6. The Morgan fingerprint density at radius 2 is 2.13 bits per heavy atom. The number of rotatable bonds is 3. The first-order valence-electron chi connectivity index (χ1n) is 5.24. The van der Waals surface area contributed by atoms with Crippen molar-refractivity contribution in [3.05, 3.63) is 27.7 Å². The summed E-state index contributed by atoms with van der Waals surface area (Å²) in [5, 5.41) is 4.19. The molecule has 0 radical (unpaired) electrons. The molecule has 1 rings (SSSR count). The van der Waals surface area contributed by atoms with Gasteiger partial charge in [-0.2, -0.15) is 5.10 Å². The Morgan fingerprint density at radius 1 is 1.53 bits per heavy atom. The minimum atomic E-state index is -0.611. The van der Waals surface area contributed by atoms with Crippen LogP contribution in [0.15, 0.2) is 10.9 Å². The van der Waals surface area contributed by atoms with Gasteiger partial charge in [0.15, 0.2) is 0 Å². The molecule has 1 aromatic rings. The van der Waals surface area contributed by atoms with Gasteiger partial charge in [0.2, 0.25) is 0 Å². The van der Waals surface area contributed by atoms with Gasteiger partial charge < -0.3 is 5.73 Å². The van der Waals surface area contributed by atoms with Crippen LogP contribution >= 0.6 is 0 Å². The van der Waals surface area contributed by atoms with Crippen LogP contribution in [0.2, 0.25) is 0 Å². The summed E-state index contributed by atoms with van der Waals surface area (Å²) < 4.78 is 1.50. The topological polar surface area (TPSA) is 60.9 Å². The van der Waals surface area contributed by atoms with Gasteiger partial charge in [-0.05, 0) is 33.3 Å². The van der Waals surface area contributed by atoms with Gasteiger partial charge in [0.25, 0.3) is 5.56 Å². The van der Waals surface area contributed by atoms with E-state index in [1.165, 1.54) is 4.68 Å². The van der Waals surface area contributed by atoms with E-state index in [1.807, 2.05) is 27.7 Å². The standard InChI is InChI=1S/C11H19N3O/c1-5-6-14-10(15)9(11(3,4)12)7-8(2)13-14/h7H,5-6,12H2,1-4H3. The van der Waals surface area contributed by atoms with Gasteiger partial charge >= 0.3 is 0 Å². The van der Waals surface area contributed by atoms with Crippen LogP contribution in [0.3, 0.4) is 0 Å². The Kier molecular flexibility index (Phi) is 3.29. The molecule has 0 aliphatic rings. The van der Waals surface area contributed by atoms with Gasteiger partial charge in [0.05, 0.1) is 5.69 Å². The van der Waals surface area contributed by atoms with Crippen LogP contribution < -0.4 is 11.3 Å². The highest BCUT2D eigenvalue weighted by atomic mass is 16.1. The van der Waals surface area contributed by atoms with Gasteiger partial charge in [-0.1, -0.05) is 6.92 Å². The SMILES string of the molecule is CCCn1nc(C)cc(C(C)(C)N)c1=O. The third-order valence-corrected chi connectivity index (χ3v) is 2.23. The van der Waals surface area contributed by atoms with Crippen LogP contribution in [0.4, 0.5) is 0 Å². The molecule has 2 N–H and O–H groups in total. The van der Waals surface area contributed by atoms with Crippen LogP contribution in [-0.4, -0.2) is 9.78 Å². The second-order valence-corrected chi connectivity index (χ2v) is 4.45. The Hall–Kier alpha value is -1.16. The maximum absolute atomic E-state index is 12.0. The number of hydrogen-bond acceptors (Lipinski definition) is 3. The molecule has 0 aromatic carbocycles. The molecule has 0 fully saturated rings. The predicted molar refractivity (Wildman–Crippen MR) is 60.7 cm³/mol. The van der Waals surface area contributed by atoms with Crippen molar-refractivity contribution < 1.29 is 0 Å². The van der Waals surface area contributed by atoms with Crippen LogP contribution in [0.5, 0.6) is 0 Å². The van der Waals surface area contributed by atoms with Crippen molar-refractivity contribution in [3.63, 3.8) is 0 Å². The Balaban J connectivity index is 3.35. The van der Waals surface area contributed by atoms with E-state index in [9.17, 15) is 4.79 Å². The number of nitrogens with two attached hydrogens (primary N) is 1. The van der Waals surface area contributed by atoms with Crippen LogP contribution in [0.1, 0.15) is 38.4 Å². The minimum Gasteiger partial charge on any atom is -0.322 e. The Bertz CT molecular complexity index is 401. The molecule has 4 heteroatoms. The van der Waals surface area contributed by atoms with Crippen molar-refractivity contribution in [2.24, 2.45) is 5.73 Å². The fraction of sp³-hybridized carbons (Fsp3) is 0.636. The molecule has 0 saturated carbocycles. The highest BCUT2D eigenvalue weighted by molar-refractivity contribution is 5.20. The molecule has 0 aliphatic carbocycles. The zero-order valence-corrected chi connectivity index (χ0v) is 9.87. The second-order valence-electron chi connectivity index (χ2n) is 4.45. The van der Waals surface area contributed by atoms with E-state index in [2.05, 4.69) is 5.10 Å². The molecule has 0 bridgehead atoms. The van der Waals surface area contributed by atoms with Crippen molar-refractivity contribution in [2.45, 2.75) is 46.2 Å². The maximum Gasteiger partial charge on any atom is 0.271 e. The van der Waals surface area contributed by atoms with Crippen molar-refractivity contribution in [2.75, 3.05) is 0 Å². The van der Waals surface area contributed by atoms with Gasteiger partial charge in [-0.15, -0.1) is 0 Å². The average Bonchev–Trinajstić information content (AvgIpc) is 2.09. The monoisotopic (exact) mass is 209 g/mol. The smallest absolute Gasteiger partial charge is 0.271 e. The largest absolute Gasteiger partial charge is 0.322 e. The molecule has 4 nitrogen and oxygen atoms in total. The van der Waals surface area contributed by atoms with E-state index >= 15 is 0 Å². The van der Waals surface area contributed by atoms with E-state index in [1.54, 1.807) is 6.07 Å². The number of aryl methyl sites for hydroxylation is 2. The summed E-state index contributed by atoms with van der Waals surface area (Å²) in [6, 6.07) is 1.77. The molecule has 15 heavy (non-hydrogen) atoms. The van der Waals surface area contributed by atoms with Crippen molar-refractivity contribution in [3.8, 4) is 0 Å².